The third kappa shape index (κ3) is 3.37. The molecule has 110 valence electrons. The van der Waals surface area contributed by atoms with Gasteiger partial charge in [0.15, 0.2) is 0 Å². The average Bonchev–Trinajstić information content (AvgIpc) is 2.76. The van der Waals surface area contributed by atoms with Crippen molar-refractivity contribution in [3.05, 3.63) is 16.0 Å². The summed E-state index contributed by atoms with van der Waals surface area (Å²) >= 11 is 1.39. The second kappa shape index (κ2) is 6.85. The quantitative estimate of drug-likeness (QED) is 0.792. The van der Waals surface area contributed by atoms with E-state index in [1.165, 1.54) is 11.3 Å². The summed E-state index contributed by atoms with van der Waals surface area (Å²) in [7, 11) is 0. The zero-order chi connectivity index (χ0) is 14.5. The van der Waals surface area contributed by atoms with Gasteiger partial charge in [-0.2, -0.15) is 0 Å². The Morgan fingerprint density at radius 3 is 2.80 bits per heavy atom. The largest absolute Gasteiger partial charge is 0.478 e. The van der Waals surface area contributed by atoms with Gasteiger partial charge in [0.25, 0.3) is 5.91 Å². The Morgan fingerprint density at radius 2 is 2.10 bits per heavy atom. The Bertz CT molecular complexity index is 510. The van der Waals surface area contributed by atoms with Gasteiger partial charge in [-0.1, -0.05) is 6.92 Å². The highest BCUT2D eigenvalue weighted by Gasteiger charge is 2.25. The lowest BCUT2D eigenvalue weighted by Gasteiger charge is -2.10. The van der Waals surface area contributed by atoms with Crippen LogP contribution in [0.3, 0.4) is 0 Å². The number of carboxylic acids is 1. The van der Waals surface area contributed by atoms with E-state index in [0.717, 1.165) is 42.5 Å². The molecule has 20 heavy (non-hydrogen) atoms. The normalized spacial score (nSPS) is 13.8. The molecule has 1 aliphatic rings. The average molecular weight is 297 g/mol. The molecule has 0 bridgehead atoms. The summed E-state index contributed by atoms with van der Waals surface area (Å²) in [4.78, 5) is 24.3. The molecule has 6 heteroatoms. The number of hydrogen-bond acceptors (Lipinski definition) is 4. The van der Waals surface area contributed by atoms with Crippen LogP contribution in [-0.2, 0) is 22.4 Å². The van der Waals surface area contributed by atoms with Crippen molar-refractivity contribution in [3.63, 3.8) is 0 Å². The smallest absolute Gasteiger partial charge is 0.339 e. The summed E-state index contributed by atoms with van der Waals surface area (Å²) in [5.74, 6) is -1.26. The Balaban J connectivity index is 2.12. The van der Waals surface area contributed by atoms with Crippen molar-refractivity contribution in [1.82, 2.24) is 0 Å². The fourth-order valence-corrected chi connectivity index (χ4v) is 3.65. The van der Waals surface area contributed by atoms with Gasteiger partial charge in [0.2, 0.25) is 0 Å². The molecule has 0 saturated heterocycles. The first-order valence-corrected chi connectivity index (χ1v) is 7.70. The number of nitrogens with one attached hydrogen (secondary N) is 1. The number of amides is 1. The van der Waals surface area contributed by atoms with E-state index in [0.29, 0.717) is 11.6 Å². The highest BCUT2D eigenvalue weighted by atomic mass is 32.1. The Hall–Kier alpha value is -1.40. The van der Waals surface area contributed by atoms with E-state index in [2.05, 4.69) is 5.32 Å². The lowest BCUT2D eigenvalue weighted by Crippen LogP contribution is -2.19. The second-order valence-corrected chi connectivity index (χ2v) is 5.93. The zero-order valence-electron chi connectivity index (χ0n) is 11.5. The number of ether oxygens (including phenoxy) is 1. The fourth-order valence-electron chi connectivity index (χ4n) is 2.35. The van der Waals surface area contributed by atoms with Crippen molar-refractivity contribution in [1.29, 1.82) is 0 Å². The minimum atomic E-state index is -0.964. The van der Waals surface area contributed by atoms with E-state index < -0.39 is 5.97 Å². The van der Waals surface area contributed by atoms with Gasteiger partial charge in [0, 0.05) is 11.5 Å². The van der Waals surface area contributed by atoms with Crippen molar-refractivity contribution in [2.45, 2.75) is 39.0 Å². The number of aryl methyl sites for hydroxylation is 1. The Morgan fingerprint density at radius 1 is 1.35 bits per heavy atom. The number of thiophene rings is 1. The van der Waals surface area contributed by atoms with Crippen LogP contribution in [0.25, 0.3) is 0 Å². The van der Waals surface area contributed by atoms with E-state index in [4.69, 9.17) is 4.74 Å². The van der Waals surface area contributed by atoms with Gasteiger partial charge in [0.1, 0.15) is 11.6 Å². The van der Waals surface area contributed by atoms with Crippen molar-refractivity contribution in [2.24, 2.45) is 0 Å². The van der Waals surface area contributed by atoms with Crippen molar-refractivity contribution < 1.29 is 19.4 Å². The fraction of sp³-hybridized carbons (Fsp3) is 0.571. The first kappa shape index (κ1) is 15.0. The predicted molar refractivity (Wildman–Crippen MR) is 77.7 cm³/mol. The highest BCUT2D eigenvalue weighted by Crippen LogP contribution is 2.38. The summed E-state index contributed by atoms with van der Waals surface area (Å²) in [6.07, 6.45) is 4.63. The molecule has 2 rings (SSSR count). The second-order valence-electron chi connectivity index (χ2n) is 4.82. The van der Waals surface area contributed by atoms with Crippen LogP contribution in [0.5, 0.6) is 0 Å². The van der Waals surface area contributed by atoms with Crippen molar-refractivity contribution in [3.8, 4) is 0 Å². The number of carbonyl (C=O) groups excluding carboxylic acids is 1. The third-order valence-corrected chi connectivity index (χ3v) is 4.43. The number of carbonyl (C=O) groups is 2. The van der Waals surface area contributed by atoms with Crippen LogP contribution in [0.4, 0.5) is 5.00 Å². The molecule has 0 atom stereocenters. The molecule has 5 nitrogen and oxygen atoms in total. The number of anilines is 1. The van der Waals surface area contributed by atoms with Crippen molar-refractivity contribution >= 4 is 28.2 Å². The van der Waals surface area contributed by atoms with Crippen LogP contribution in [0, 0.1) is 0 Å². The molecule has 0 saturated carbocycles. The molecule has 1 heterocycles. The monoisotopic (exact) mass is 297 g/mol. The number of fused-ring (bicyclic) bond motifs is 1. The van der Waals surface area contributed by atoms with Gasteiger partial charge in [-0.25, -0.2) is 4.79 Å². The van der Waals surface area contributed by atoms with Crippen LogP contribution in [-0.4, -0.2) is 30.2 Å². The number of aromatic carboxylic acids is 1. The third-order valence-electron chi connectivity index (χ3n) is 3.22. The van der Waals surface area contributed by atoms with E-state index >= 15 is 0 Å². The molecule has 1 aliphatic carbocycles. The van der Waals surface area contributed by atoms with E-state index in [1.807, 2.05) is 6.92 Å². The Labute approximate surface area is 121 Å². The summed E-state index contributed by atoms with van der Waals surface area (Å²) in [5, 5.41) is 12.5. The maximum atomic E-state index is 11.8. The number of rotatable bonds is 6. The van der Waals surface area contributed by atoms with Gasteiger partial charge < -0.3 is 15.2 Å². The lowest BCUT2D eigenvalue weighted by molar-refractivity contribution is -0.120. The molecule has 0 aromatic carbocycles. The first-order valence-electron chi connectivity index (χ1n) is 6.89. The van der Waals surface area contributed by atoms with Crippen LogP contribution < -0.4 is 5.32 Å². The lowest BCUT2D eigenvalue weighted by atomic mass is 9.95. The van der Waals surface area contributed by atoms with Crippen molar-refractivity contribution in [2.75, 3.05) is 18.5 Å². The molecule has 1 aromatic rings. The minimum Gasteiger partial charge on any atom is -0.478 e. The maximum absolute atomic E-state index is 11.8. The van der Waals surface area contributed by atoms with Gasteiger partial charge in [-0.05, 0) is 37.7 Å². The van der Waals surface area contributed by atoms with Crippen LogP contribution >= 0.6 is 11.3 Å². The molecule has 2 N–H and O–H groups in total. The molecular formula is C14H19NO4S. The molecule has 0 unspecified atom stereocenters. The Kier molecular flexibility index (Phi) is 5.14. The first-order chi connectivity index (χ1) is 9.63. The molecule has 0 spiro atoms. The van der Waals surface area contributed by atoms with Gasteiger partial charge in [0.05, 0.1) is 5.56 Å². The summed E-state index contributed by atoms with van der Waals surface area (Å²) in [6, 6.07) is 0. The molecule has 0 fully saturated rings. The van der Waals surface area contributed by atoms with Crippen LogP contribution in [0.15, 0.2) is 0 Å². The van der Waals surface area contributed by atoms with E-state index in [9.17, 15) is 14.7 Å². The summed E-state index contributed by atoms with van der Waals surface area (Å²) in [6.45, 7) is 2.46. The van der Waals surface area contributed by atoms with E-state index in [1.54, 1.807) is 0 Å². The SMILES string of the molecule is CCCOCC(=O)Nc1sc2c(c1C(=O)O)CCCC2. The van der Waals surface area contributed by atoms with E-state index in [-0.39, 0.29) is 18.1 Å². The van der Waals surface area contributed by atoms with Gasteiger partial charge in [-0.3, -0.25) is 4.79 Å². The topological polar surface area (TPSA) is 75.6 Å². The standard InChI is InChI=1S/C14H19NO4S/c1-2-7-19-8-11(16)15-13-12(14(17)18)9-5-3-4-6-10(9)20-13/h2-8H2,1H3,(H,15,16)(H,17,18). The minimum absolute atomic E-state index is 0.0323. The van der Waals surface area contributed by atoms with Crippen LogP contribution in [0.1, 0.15) is 47.0 Å². The molecule has 0 aliphatic heterocycles. The molecule has 1 aromatic heterocycles. The zero-order valence-corrected chi connectivity index (χ0v) is 12.3. The highest BCUT2D eigenvalue weighted by molar-refractivity contribution is 7.17. The number of hydrogen-bond donors (Lipinski definition) is 2. The predicted octanol–water partition coefficient (Wildman–Crippen LogP) is 2.69. The number of carboxylic acid groups (broad SMARTS) is 1. The van der Waals surface area contributed by atoms with Gasteiger partial charge >= 0.3 is 5.97 Å². The molecule has 0 radical (unpaired) electrons. The molecule has 1 amide bonds. The van der Waals surface area contributed by atoms with Gasteiger partial charge in [-0.15, -0.1) is 11.3 Å². The molecular weight excluding hydrogens is 278 g/mol. The summed E-state index contributed by atoms with van der Waals surface area (Å²) in [5.41, 5.74) is 1.17. The van der Waals surface area contributed by atoms with Crippen LogP contribution in [0.2, 0.25) is 0 Å². The maximum Gasteiger partial charge on any atom is 0.339 e. The summed E-state index contributed by atoms with van der Waals surface area (Å²) < 4.78 is 5.16.